The van der Waals surface area contributed by atoms with E-state index in [0.717, 1.165) is 12.8 Å². The number of hydrogen-bond donors (Lipinski definition) is 0. The van der Waals surface area contributed by atoms with Crippen LogP contribution in [-0.4, -0.2) is 15.3 Å². The Balaban J connectivity index is 2.17. The number of carbonyl (C=O) groups excluding carboxylic acids is 1. The van der Waals surface area contributed by atoms with E-state index < -0.39 is 0 Å². The molecule has 1 heterocycles. The summed E-state index contributed by atoms with van der Waals surface area (Å²) < 4.78 is 2.06. The van der Waals surface area contributed by atoms with Gasteiger partial charge in [-0.25, -0.2) is 4.98 Å². The molecule has 0 spiro atoms. The number of nitrogens with zero attached hydrogens (tertiary/aromatic N) is 2. The summed E-state index contributed by atoms with van der Waals surface area (Å²) in [7, 11) is 0. The van der Waals surface area contributed by atoms with Crippen molar-refractivity contribution in [1.82, 2.24) is 9.55 Å². The molecule has 0 saturated heterocycles. The maximum atomic E-state index is 11.3. The van der Waals surface area contributed by atoms with Crippen LogP contribution >= 0.6 is 0 Å². The molecule has 2 rings (SSSR count). The quantitative estimate of drug-likeness (QED) is 0.657. The first-order chi connectivity index (χ1) is 6.27. The van der Waals surface area contributed by atoms with Crippen molar-refractivity contribution >= 4 is 5.78 Å². The van der Waals surface area contributed by atoms with Crippen molar-refractivity contribution in [2.75, 3.05) is 0 Å². The van der Waals surface area contributed by atoms with Gasteiger partial charge >= 0.3 is 0 Å². The van der Waals surface area contributed by atoms with Crippen molar-refractivity contribution in [2.45, 2.75) is 32.2 Å². The zero-order chi connectivity index (χ0) is 9.26. The van der Waals surface area contributed by atoms with Crippen molar-refractivity contribution in [1.29, 1.82) is 0 Å². The van der Waals surface area contributed by atoms with Gasteiger partial charge in [-0.15, -0.1) is 0 Å². The Labute approximate surface area is 77.8 Å². The molecule has 2 unspecified atom stereocenters. The third-order valence-electron chi connectivity index (χ3n) is 2.88. The average molecular weight is 178 g/mol. The smallest absolute Gasteiger partial charge is 0.134 e. The molecule has 0 aliphatic heterocycles. The highest BCUT2D eigenvalue weighted by Crippen LogP contribution is 2.31. The molecule has 3 nitrogen and oxygen atoms in total. The van der Waals surface area contributed by atoms with Crippen molar-refractivity contribution in [3.05, 3.63) is 18.7 Å². The first kappa shape index (κ1) is 8.48. The minimum absolute atomic E-state index is 0.337. The number of rotatable bonds is 1. The third kappa shape index (κ3) is 1.64. The molecule has 1 aliphatic carbocycles. The van der Waals surface area contributed by atoms with Gasteiger partial charge in [0.2, 0.25) is 0 Å². The molecule has 2 atom stereocenters. The summed E-state index contributed by atoms with van der Waals surface area (Å²) in [5.74, 6) is 0.976. The fourth-order valence-electron chi connectivity index (χ4n) is 1.98. The van der Waals surface area contributed by atoms with Crippen LogP contribution in [0.15, 0.2) is 18.7 Å². The molecule has 1 saturated carbocycles. The van der Waals surface area contributed by atoms with Gasteiger partial charge in [0.1, 0.15) is 5.78 Å². The number of aromatic nitrogens is 2. The molecule has 70 valence electrons. The molecule has 0 N–H and O–H groups in total. The van der Waals surface area contributed by atoms with Crippen LogP contribution in [0.5, 0.6) is 0 Å². The van der Waals surface area contributed by atoms with E-state index >= 15 is 0 Å². The van der Waals surface area contributed by atoms with Gasteiger partial charge in [0.05, 0.1) is 6.33 Å². The largest absolute Gasteiger partial charge is 0.334 e. The molecule has 1 fully saturated rings. The number of ketones is 1. The van der Waals surface area contributed by atoms with E-state index in [0.29, 0.717) is 24.2 Å². The first-order valence-electron chi connectivity index (χ1n) is 4.76. The summed E-state index contributed by atoms with van der Waals surface area (Å²) in [4.78, 5) is 15.3. The van der Waals surface area contributed by atoms with Gasteiger partial charge in [-0.3, -0.25) is 4.79 Å². The van der Waals surface area contributed by atoms with E-state index in [4.69, 9.17) is 0 Å². The molecule has 3 heteroatoms. The molecule has 1 aromatic rings. The van der Waals surface area contributed by atoms with Crippen LogP contribution in [-0.2, 0) is 4.79 Å². The predicted molar refractivity (Wildman–Crippen MR) is 49.3 cm³/mol. The van der Waals surface area contributed by atoms with Gasteiger partial charge in [-0.05, 0) is 12.3 Å². The average Bonchev–Trinajstić information content (AvgIpc) is 2.61. The van der Waals surface area contributed by atoms with Crippen molar-refractivity contribution in [2.24, 2.45) is 5.92 Å². The van der Waals surface area contributed by atoms with Gasteiger partial charge in [0.15, 0.2) is 0 Å². The van der Waals surface area contributed by atoms with Crippen LogP contribution in [0.3, 0.4) is 0 Å². The molecule has 0 amide bonds. The number of Topliss-reactive ketones (excluding diaryl/α,β-unsaturated/α-hetero) is 1. The summed E-state index contributed by atoms with van der Waals surface area (Å²) in [5, 5.41) is 0. The third-order valence-corrected chi connectivity index (χ3v) is 2.88. The van der Waals surface area contributed by atoms with E-state index in [1.54, 1.807) is 12.5 Å². The lowest BCUT2D eigenvalue weighted by atomic mass is 9.85. The lowest BCUT2D eigenvalue weighted by Gasteiger charge is -2.28. The van der Waals surface area contributed by atoms with Gasteiger partial charge in [-0.1, -0.05) is 6.92 Å². The standard InChI is InChI=1S/C10H14N2O/c1-8-2-3-9(13)6-10(8)12-5-4-11-7-12/h4-5,7-8,10H,2-3,6H2,1H3. The Kier molecular flexibility index (Phi) is 2.17. The Hall–Kier alpha value is -1.12. The van der Waals surface area contributed by atoms with Crippen molar-refractivity contribution in [3.8, 4) is 0 Å². The maximum Gasteiger partial charge on any atom is 0.134 e. The normalized spacial score (nSPS) is 29.2. The van der Waals surface area contributed by atoms with Crippen LogP contribution in [0.4, 0.5) is 0 Å². The molecule has 0 radical (unpaired) electrons. The number of carbonyl (C=O) groups is 1. The SMILES string of the molecule is CC1CCC(=O)CC1n1ccnc1. The Morgan fingerprint density at radius 1 is 1.62 bits per heavy atom. The van der Waals surface area contributed by atoms with Crippen molar-refractivity contribution in [3.63, 3.8) is 0 Å². The van der Waals surface area contributed by atoms with E-state index in [2.05, 4.69) is 16.5 Å². The Morgan fingerprint density at radius 2 is 2.46 bits per heavy atom. The summed E-state index contributed by atoms with van der Waals surface area (Å²) in [6.07, 6.45) is 7.97. The van der Waals surface area contributed by atoms with E-state index in [9.17, 15) is 4.79 Å². The van der Waals surface area contributed by atoms with Crippen LogP contribution in [0.1, 0.15) is 32.2 Å². The van der Waals surface area contributed by atoms with Gasteiger partial charge in [0.25, 0.3) is 0 Å². The van der Waals surface area contributed by atoms with Gasteiger partial charge in [-0.2, -0.15) is 0 Å². The fraction of sp³-hybridized carbons (Fsp3) is 0.600. The van der Waals surface area contributed by atoms with Crippen LogP contribution in [0.25, 0.3) is 0 Å². The van der Waals surface area contributed by atoms with Crippen LogP contribution in [0, 0.1) is 5.92 Å². The molecule has 0 bridgehead atoms. The zero-order valence-electron chi connectivity index (χ0n) is 7.81. The first-order valence-corrected chi connectivity index (χ1v) is 4.76. The monoisotopic (exact) mass is 178 g/mol. The molecule has 1 aliphatic rings. The van der Waals surface area contributed by atoms with Crippen LogP contribution < -0.4 is 0 Å². The highest BCUT2D eigenvalue weighted by atomic mass is 16.1. The number of imidazole rings is 1. The summed E-state index contributed by atoms with van der Waals surface area (Å²) >= 11 is 0. The topological polar surface area (TPSA) is 34.9 Å². The molecular weight excluding hydrogens is 164 g/mol. The second-order valence-electron chi connectivity index (χ2n) is 3.84. The van der Waals surface area contributed by atoms with E-state index in [-0.39, 0.29) is 0 Å². The minimum Gasteiger partial charge on any atom is -0.334 e. The molecule has 13 heavy (non-hydrogen) atoms. The lowest BCUT2D eigenvalue weighted by molar-refractivity contribution is -0.122. The van der Waals surface area contributed by atoms with E-state index in [1.165, 1.54) is 0 Å². The van der Waals surface area contributed by atoms with E-state index in [1.807, 2.05) is 6.20 Å². The molecule has 1 aromatic heterocycles. The zero-order valence-corrected chi connectivity index (χ0v) is 7.81. The minimum atomic E-state index is 0.337. The second kappa shape index (κ2) is 3.32. The Morgan fingerprint density at radius 3 is 3.15 bits per heavy atom. The summed E-state index contributed by atoms with van der Waals surface area (Å²) in [5.41, 5.74) is 0. The highest BCUT2D eigenvalue weighted by molar-refractivity contribution is 5.79. The highest BCUT2D eigenvalue weighted by Gasteiger charge is 2.26. The second-order valence-corrected chi connectivity index (χ2v) is 3.84. The van der Waals surface area contributed by atoms with Crippen LogP contribution in [0.2, 0.25) is 0 Å². The van der Waals surface area contributed by atoms with Gasteiger partial charge < -0.3 is 4.57 Å². The van der Waals surface area contributed by atoms with Crippen molar-refractivity contribution < 1.29 is 4.79 Å². The fourth-order valence-corrected chi connectivity index (χ4v) is 1.98. The summed E-state index contributed by atoms with van der Waals surface area (Å²) in [6, 6.07) is 0.337. The molecule has 0 aromatic carbocycles. The lowest BCUT2D eigenvalue weighted by Crippen LogP contribution is -2.25. The molecular formula is C10H14N2O. The maximum absolute atomic E-state index is 11.3. The predicted octanol–water partition coefficient (Wildman–Crippen LogP) is 1.81. The number of hydrogen-bond acceptors (Lipinski definition) is 2. The Bertz CT molecular complexity index is 292. The summed E-state index contributed by atoms with van der Waals surface area (Å²) in [6.45, 7) is 2.21. The van der Waals surface area contributed by atoms with Gasteiger partial charge in [0, 0.05) is 31.3 Å².